The minimum Gasteiger partial charge on any atom is -0.352 e. The minimum atomic E-state index is -0.220. The Hall–Kier alpha value is -2.11. The Balaban J connectivity index is 2.49. The first kappa shape index (κ1) is 11.4. The van der Waals surface area contributed by atoms with Crippen molar-refractivity contribution in [2.45, 2.75) is 20.3 Å². The number of hydrogen-bond acceptors (Lipinski definition) is 3. The van der Waals surface area contributed by atoms with Crippen molar-refractivity contribution >= 4 is 11.6 Å². The Labute approximate surface area is 97.7 Å². The molecule has 0 radical (unpaired) electrons. The number of nitrogens with one attached hydrogen (secondary N) is 2. The second-order valence-corrected chi connectivity index (χ2v) is 3.84. The third-order valence-corrected chi connectivity index (χ3v) is 2.41. The maximum atomic E-state index is 11.8. The number of carbonyl (C=O) groups excluding carboxylic acids is 1. The molecule has 6 nitrogen and oxygen atoms in total. The topological polar surface area (TPSA) is 79.3 Å². The van der Waals surface area contributed by atoms with Crippen LogP contribution in [0.2, 0.25) is 0 Å². The van der Waals surface area contributed by atoms with Crippen molar-refractivity contribution in [1.29, 1.82) is 0 Å². The molecule has 90 valence electrons. The van der Waals surface area contributed by atoms with Gasteiger partial charge in [0.1, 0.15) is 5.56 Å². The SMILES string of the molecule is CCCNC(=O)c1c[nH]n2c(=O)cc(C)nc12. The van der Waals surface area contributed by atoms with Gasteiger partial charge in [-0.25, -0.2) is 9.50 Å². The lowest BCUT2D eigenvalue weighted by Gasteiger charge is -2.01. The monoisotopic (exact) mass is 234 g/mol. The van der Waals surface area contributed by atoms with Crippen LogP contribution in [0.1, 0.15) is 29.4 Å². The molecule has 2 heterocycles. The van der Waals surface area contributed by atoms with Crippen molar-refractivity contribution in [3.05, 3.63) is 33.9 Å². The van der Waals surface area contributed by atoms with E-state index in [2.05, 4.69) is 15.4 Å². The van der Waals surface area contributed by atoms with Gasteiger partial charge in [0.2, 0.25) is 0 Å². The number of hydrogen-bond donors (Lipinski definition) is 2. The highest BCUT2D eigenvalue weighted by Crippen LogP contribution is 2.06. The van der Waals surface area contributed by atoms with E-state index in [9.17, 15) is 9.59 Å². The fraction of sp³-hybridized carbons (Fsp3) is 0.364. The zero-order valence-electron chi connectivity index (χ0n) is 9.78. The molecule has 0 aliphatic rings. The Kier molecular flexibility index (Phi) is 2.95. The summed E-state index contributed by atoms with van der Waals surface area (Å²) in [7, 11) is 0. The van der Waals surface area contributed by atoms with E-state index in [0.29, 0.717) is 23.4 Å². The summed E-state index contributed by atoms with van der Waals surface area (Å²) in [6.45, 7) is 4.30. The molecule has 0 saturated carbocycles. The molecule has 0 aromatic carbocycles. The summed E-state index contributed by atoms with van der Waals surface area (Å²) in [5.41, 5.74) is 1.13. The van der Waals surface area contributed by atoms with Crippen LogP contribution in [-0.2, 0) is 0 Å². The maximum Gasteiger partial charge on any atom is 0.272 e. The fourth-order valence-corrected chi connectivity index (χ4v) is 1.60. The standard InChI is InChI=1S/C11H14N4O2/c1-3-4-12-11(17)8-6-13-15-9(16)5-7(2)14-10(8)15/h5-6,13H,3-4H2,1-2H3,(H,12,17). The van der Waals surface area contributed by atoms with E-state index in [1.165, 1.54) is 16.8 Å². The molecule has 6 heteroatoms. The Bertz CT molecular complexity index is 611. The van der Waals surface area contributed by atoms with Gasteiger partial charge in [0, 0.05) is 24.5 Å². The van der Waals surface area contributed by atoms with Crippen molar-refractivity contribution < 1.29 is 4.79 Å². The van der Waals surface area contributed by atoms with Crippen molar-refractivity contribution in [1.82, 2.24) is 19.9 Å². The van der Waals surface area contributed by atoms with Crippen LogP contribution < -0.4 is 10.9 Å². The molecule has 0 fully saturated rings. The van der Waals surface area contributed by atoms with Crippen LogP contribution in [0, 0.1) is 6.92 Å². The highest BCUT2D eigenvalue weighted by atomic mass is 16.2. The second-order valence-electron chi connectivity index (χ2n) is 3.84. The van der Waals surface area contributed by atoms with Crippen molar-refractivity contribution in [3.63, 3.8) is 0 Å². The number of fused-ring (bicyclic) bond motifs is 1. The van der Waals surface area contributed by atoms with E-state index in [1.807, 2.05) is 6.92 Å². The van der Waals surface area contributed by atoms with Gasteiger partial charge in [-0.15, -0.1) is 0 Å². The van der Waals surface area contributed by atoms with Crippen LogP contribution in [0.15, 0.2) is 17.1 Å². The van der Waals surface area contributed by atoms with E-state index in [0.717, 1.165) is 6.42 Å². The van der Waals surface area contributed by atoms with Gasteiger partial charge in [-0.05, 0) is 13.3 Å². The summed E-state index contributed by atoms with van der Waals surface area (Å²) < 4.78 is 1.26. The lowest BCUT2D eigenvalue weighted by Crippen LogP contribution is -2.24. The van der Waals surface area contributed by atoms with Crippen LogP contribution in [0.3, 0.4) is 0 Å². The minimum absolute atomic E-state index is 0.219. The quantitative estimate of drug-likeness (QED) is 0.810. The van der Waals surface area contributed by atoms with Gasteiger partial charge in [0.05, 0.1) is 0 Å². The van der Waals surface area contributed by atoms with Crippen LogP contribution in [0.25, 0.3) is 5.65 Å². The number of carbonyl (C=O) groups is 1. The predicted octanol–water partition coefficient (Wildman–Crippen LogP) is 0.471. The first-order valence-electron chi connectivity index (χ1n) is 5.49. The molecule has 2 N–H and O–H groups in total. The van der Waals surface area contributed by atoms with Gasteiger partial charge in [-0.1, -0.05) is 6.92 Å². The average Bonchev–Trinajstić information content (AvgIpc) is 2.69. The molecule has 0 atom stereocenters. The molecule has 1 amide bonds. The van der Waals surface area contributed by atoms with E-state index in [4.69, 9.17) is 0 Å². The zero-order valence-corrected chi connectivity index (χ0v) is 9.78. The number of rotatable bonds is 3. The highest BCUT2D eigenvalue weighted by molar-refractivity contribution is 5.99. The Morgan fingerprint density at radius 1 is 1.59 bits per heavy atom. The third-order valence-electron chi connectivity index (χ3n) is 2.41. The summed E-state index contributed by atoms with van der Waals surface area (Å²) in [6.07, 6.45) is 2.36. The highest BCUT2D eigenvalue weighted by Gasteiger charge is 2.13. The molecule has 0 saturated heterocycles. The van der Waals surface area contributed by atoms with Crippen molar-refractivity contribution in [3.8, 4) is 0 Å². The van der Waals surface area contributed by atoms with Crippen LogP contribution in [0.4, 0.5) is 0 Å². The zero-order chi connectivity index (χ0) is 12.4. The molecule has 0 aliphatic heterocycles. The van der Waals surface area contributed by atoms with E-state index in [-0.39, 0.29) is 11.5 Å². The van der Waals surface area contributed by atoms with E-state index < -0.39 is 0 Å². The van der Waals surface area contributed by atoms with Crippen LogP contribution in [0.5, 0.6) is 0 Å². The normalized spacial score (nSPS) is 10.7. The summed E-state index contributed by atoms with van der Waals surface area (Å²) in [5, 5.41) is 5.47. The molecule has 2 rings (SSSR count). The summed E-state index contributed by atoms with van der Waals surface area (Å²) in [4.78, 5) is 27.6. The number of nitrogens with zero attached hydrogens (tertiary/aromatic N) is 2. The number of H-pyrrole nitrogens is 1. The summed E-state index contributed by atoms with van der Waals surface area (Å²) in [5.74, 6) is -0.219. The van der Waals surface area contributed by atoms with Crippen molar-refractivity contribution in [2.24, 2.45) is 0 Å². The second kappa shape index (κ2) is 4.40. The van der Waals surface area contributed by atoms with Gasteiger partial charge in [-0.3, -0.25) is 14.7 Å². The smallest absolute Gasteiger partial charge is 0.272 e. The van der Waals surface area contributed by atoms with Gasteiger partial charge in [0.25, 0.3) is 11.5 Å². The number of aromatic nitrogens is 3. The molecular formula is C11H14N4O2. The largest absolute Gasteiger partial charge is 0.352 e. The summed E-state index contributed by atoms with van der Waals surface area (Å²) >= 11 is 0. The summed E-state index contributed by atoms with van der Waals surface area (Å²) in [6, 6.07) is 1.41. The van der Waals surface area contributed by atoms with E-state index >= 15 is 0 Å². The van der Waals surface area contributed by atoms with Crippen LogP contribution >= 0.6 is 0 Å². The number of aromatic amines is 1. The molecule has 2 aromatic rings. The van der Waals surface area contributed by atoms with Crippen LogP contribution in [-0.4, -0.2) is 27.0 Å². The lowest BCUT2D eigenvalue weighted by molar-refractivity contribution is 0.0955. The Morgan fingerprint density at radius 3 is 3.06 bits per heavy atom. The molecular weight excluding hydrogens is 220 g/mol. The van der Waals surface area contributed by atoms with Gasteiger partial charge >= 0.3 is 0 Å². The number of amides is 1. The maximum absolute atomic E-state index is 11.8. The number of aryl methyl sites for hydroxylation is 1. The molecule has 2 aromatic heterocycles. The first-order valence-corrected chi connectivity index (χ1v) is 5.49. The van der Waals surface area contributed by atoms with E-state index in [1.54, 1.807) is 6.92 Å². The lowest BCUT2D eigenvalue weighted by atomic mass is 10.3. The predicted molar refractivity (Wildman–Crippen MR) is 63.2 cm³/mol. The first-order chi connectivity index (χ1) is 8.13. The molecule has 17 heavy (non-hydrogen) atoms. The molecule has 0 aliphatic carbocycles. The molecule has 0 unspecified atom stereocenters. The van der Waals surface area contributed by atoms with Gasteiger partial charge in [0.15, 0.2) is 5.65 Å². The molecule has 0 bridgehead atoms. The Morgan fingerprint density at radius 2 is 2.35 bits per heavy atom. The van der Waals surface area contributed by atoms with Crippen molar-refractivity contribution in [2.75, 3.05) is 6.54 Å². The fourth-order valence-electron chi connectivity index (χ4n) is 1.60. The van der Waals surface area contributed by atoms with Gasteiger partial charge < -0.3 is 5.32 Å². The van der Waals surface area contributed by atoms with Gasteiger partial charge in [-0.2, -0.15) is 0 Å². The molecule has 0 spiro atoms. The average molecular weight is 234 g/mol. The third kappa shape index (κ3) is 2.06.